The molecule has 0 radical (unpaired) electrons. The zero-order valence-electron chi connectivity index (χ0n) is 11.2. The number of aryl methyl sites for hydroxylation is 3. The number of hydrogen-bond acceptors (Lipinski definition) is 4. The molecule has 0 fully saturated rings. The van der Waals surface area contributed by atoms with Crippen LogP contribution in [0.4, 0.5) is 0 Å². The van der Waals surface area contributed by atoms with E-state index in [1.54, 1.807) is 0 Å². The van der Waals surface area contributed by atoms with E-state index >= 15 is 0 Å². The van der Waals surface area contributed by atoms with Crippen molar-refractivity contribution in [2.45, 2.75) is 39.4 Å². The highest BCUT2D eigenvalue weighted by molar-refractivity contribution is 5.69. The van der Waals surface area contributed by atoms with E-state index in [1.165, 1.54) is 7.11 Å². The fourth-order valence-corrected chi connectivity index (χ4v) is 1.87. The van der Waals surface area contributed by atoms with Gasteiger partial charge in [-0.2, -0.15) is 0 Å². The van der Waals surface area contributed by atoms with Crippen LogP contribution in [0.1, 0.15) is 34.8 Å². The molecule has 0 spiro atoms. The smallest absolute Gasteiger partial charge is 0.308 e. The minimum atomic E-state index is -1.15. The molecule has 100 valence electrons. The van der Waals surface area contributed by atoms with Crippen molar-refractivity contribution in [1.29, 1.82) is 0 Å². The Kier molecular flexibility index (Phi) is 4.87. The molecule has 2 unspecified atom stereocenters. The first kappa shape index (κ1) is 14.7. The molecule has 1 rings (SSSR count). The number of hydrogen-bond donors (Lipinski definition) is 2. The van der Waals surface area contributed by atoms with Crippen molar-refractivity contribution in [3.63, 3.8) is 0 Å². The second-order valence-electron chi connectivity index (χ2n) is 4.59. The Morgan fingerprint density at radius 3 is 2.28 bits per heavy atom. The van der Waals surface area contributed by atoms with E-state index < -0.39 is 18.2 Å². The number of aliphatic hydroxyl groups is 2. The SMILES string of the molecule is COC(=O)CC(O)C(O)c1cc(C)c(C)cc1C. The summed E-state index contributed by atoms with van der Waals surface area (Å²) in [5.74, 6) is -0.539. The zero-order chi connectivity index (χ0) is 13.9. The van der Waals surface area contributed by atoms with Gasteiger partial charge in [0.05, 0.1) is 19.6 Å². The van der Waals surface area contributed by atoms with E-state index in [2.05, 4.69) is 4.74 Å². The number of benzene rings is 1. The van der Waals surface area contributed by atoms with Crippen molar-refractivity contribution in [1.82, 2.24) is 0 Å². The van der Waals surface area contributed by atoms with Crippen LogP contribution in [-0.4, -0.2) is 29.4 Å². The van der Waals surface area contributed by atoms with Gasteiger partial charge in [-0.1, -0.05) is 12.1 Å². The van der Waals surface area contributed by atoms with Gasteiger partial charge in [0.15, 0.2) is 0 Å². The highest BCUT2D eigenvalue weighted by Crippen LogP contribution is 2.25. The largest absolute Gasteiger partial charge is 0.469 e. The number of esters is 1. The zero-order valence-corrected chi connectivity index (χ0v) is 11.2. The first-order chi connectivity index (χ1) is 8.36. The summed E-state index contributed by atoms with van der Waals surface area (Å²) in [7, 11) is 1.25. The van der Waals surface area contributed by atoms with Crippen molar-refractivity contribution in [3.05, 3.63) is 34.4 Å². The van der Waals surface area contributed by atoms with Crippen molar-refractivity contribution in [2.75, 3.05) is 7.11 Å². The maximum atomic E-state index is 11.1. The fourth-order valence-electron chi connectivity index (χ4n) is 1.87. The molecule has 0 heterocycles. The normalized spacial score (nSPS) is 14.1. The van der Waals surface area contributed by atoms with Gasteiger partial charge in [-0.3, -0.25) is 4.79 Å². The molecule has 0 saturated heterocycles. The summed E-state index contributed by atoms with van der Waals surface area (Å²) >= 11 is 0. The first-order valence-electron chi connectivity index (χ1n) is 5.87. The molecule has 0 aliphatic carbocycles. The second kappa shape index (κ2) is 5.98. The van der Waals surface area contributed by atoms with Gasteiger partial charge in [-0.05, 0) is 43.0 Å². The second-order valence-corrected chi connectivity index (χ2v) is 4.59. The number of carbonyl (C=O) groups is 1. The summed E-state index contributed by atoms with van der Waals surface area (Å²) < 4.78 is 4.47. The average Bonchev–Trinajstić information content (AvgIpc) is 2.32. The molecule has 0 aromatic heterocycles. The lowest BCUT2D eigenvalue weighted by Gasteiger charge is -2.20. The van der Waals surface area contributed by atoms with Gasteiger partial charge in [-0.25, -0.2) is 0 Å². The number of ether oxygens (including phenoxy) is 1. The molecular weight excluding hydrogens is 232 g/mol. The van der Waals surface area contributed by atoms with Crippen LogP contribution in [0.5, 0.6) is 0 Å². The van der Waals surface area contributed by atoms with E-state index in [1.807, 2.05) is 32.9 Å². The molecule has 0 saturated carbocycles. The quantitative estimate of drug-likeness (QED) is 0.798. The highest BCUT2D eigenvalue weighted by Gasteiger charge is 2.23. The van der Waals surface area contributed by atoms with Crippen LogP contribution in [-0.2, 0) is 9.53 Å². The summed E-state index contributed by atoms with van der Waals surface area (Å²) in [5.41, 5.74) is 3.72. The van der Waals surface area contributed by atoms with Crippen LogP contribution < -0.4 is 0 Å². The van der Waals surface area contributed by atoms with Crippen molar-refractivity contribution < 1.29 is 19.7 Å². The molecule has 18 heavy (non-hydrogen) atoms. The lowest BCUT2D eigenvalue weighted by Crippen LogP contribution is -2.23. The summed E-state index contributed by atoms with van der Waals surface area (Å²) in [6.45, 7) is 5.80. The fraction of sp³-hybridized carbons (Fsp3) is 0.500. The van der Waals surface area contributed by atoms with Crippen LogP contribution in [0.15, 0.2) is 12.1 Å². The van der Waals surface area contributed by atoms with E-state index in [4.69, 9.17) is 0 Å². The topological polar surface area (TPSA) is 66.8 Å². The van der Waals surface area contributed by atoms with Crippen LogP contribution in [0, 0.1) is 20.8 Å². The molecule has 1 aromatic carbocycles. The van der Waals surface area contributed by atoms with Crippen LogP contribution in [0.2, 0.25) is 0 Å². The molecule has 2 atom stereocenters. The van der Waals surface area contributed by atoms with Gasteiger partial charge >= 0.3 is 5.97 Å². The van der Waals surface area contributed by atoms with E-state index in [0.29, 0.717) is 5.56 Å². The third kappa shape index (κ3) is 3.31. The highest BCUT2D eigenvalue weighted by atomic mass is 16.5. The van der Waals surface area contributed by atoms with E-state index in [0.717, 1.165) is 16.7 Å². The summed E-state index contributed by atoms with van der Waals surface area (Å²) in [6.07, 6.45) is -2.45. The molecule has 0 amide bonds. The van der Waals surface area contributed by atoms with Crippen molar-refractivity contribution in [3.8, 4) is 0 Å². The number of rotatable bonds is 4. The molecule has 4 heteroatoms. The summed E-state index contributed by atoms with van der Waals surface area (Å²) in [6, 6.07) is 3.80. The molecule has 0 aliphatic rings. The molecule has 0 bridgehead atoms. The molecular formula is C14H20O4. The third-order valence-electron chi connectivity index (χ3n) is 3.17. The summed E-state index contributed by atoms with van der Waals surface area (Å²) in [5, 5.41) is 19.9. The van der Waals surface area contributed by atoms with E-state index in [-0.39, 0.29) is 6.42 Å². The van der Waals surface area contributed by atoms with Gasteiger partial charge in [0.2, 0.25) is 0 Å². The Labute approximate surface area is 107 Å². The Morgan fingerprint density at radius 1 is 1.17 bits per heavy atom. The lowest BCUT2D eigenvalue weighted by atomic mass is 9.94. The maximum Gasteiger partial charge on any atom is 0.308 e. The van der Waals surface area contributed by atoms with Crippen molar-refractivity contribution >= 4 is 5.97 Å². The minimum absolute atomic E-state index is 0.218. The average molecular weight is 252 g/mol. The minimum Gasteiger partial charge on any atom is -0.469 e. The Morgan fingerprint density at radius 2 is 1.72 bits per heavy atom. The predicted octanol–water partition coefficient (Wildman–Crippen LogP) is 1.57. The monoisotopic (exact) mass is 252 g/mol. The number of carbonyl (C=O) groups excluding carboxylic acids is 1. The van der Waals surface area contributed by atoms with Crippen molar-refractivity contribution in [2.24, 2.45) is 0 Å². The Bertz CT molecular complexity index is 440. The van der Waals surface area contributed by atoms with E-state index in [9.17, 15) is 15.0 Å². The Balaban J connectivity index is 2.93. The van der Waals surface area contributed by atoms with Gasteiger partial charge in [-0.15, -0.1) is 0 Å². The van der Waals surface area contributed by atoms with Gasteiger partial charge in [0.1, 0.15) is 6.10 Å². The van der Waals surface area contributed by atoms with Crippen LogP contribution in [0.25, 0.3) is 0 Å². The van der Waals surface area contributed by atoms with Gasteiger partial charge in [0, 0.05) is 0 Å². The predicted molar refractivity (Wildman–Crippen MR) is 68.3 cm³/mol. The number of aliphatic hydroxyl groups excluding tert-OH is 2. The number of methoxy groups -OCH3 is 1. The van der Waals surface area contributed by atoms with Gasteiger partial charge in [0.25, 0.3) is 0 Å². The van der Waals surface area contributed by atoms with Gasteiger partial charge < -0.3 is 14.9 Å². The summed E-state index contributed by atoms with van der Waals surface area (Å²) in [4.78, 5) is 11.1. The van der Waals surface area contributed by atoms with Crippen LogP contribution >= 0.6 is 0 Å². The molecule has 2 N–H and O–H groups in total. The molecule has 4 nitrogen and oxygen atoms in total. The standard InChI is InChI=1S/C14H20O4/c1-8-5-10(3)11(6-9(8)2)14(17)12(15)7-13(16)18-4/h5-6,12,14-15,17H,7H2,1-4H3. The lowest BCUT2D eigenvalue weighted by molar-refractivity contribution is -0.144. The first-order valence-corrected chi connectivity index (χ1v) is 5.87. The molecule has 0 aliphatic heterocycles. The molecule has 1 aromatic rings. The van der Waals surface area contributed by atoms with Crippen LogP contribution in [0.3, 0.4) is 0 Å². The Hall–Kier alpha value is -1.39. The third-order valence-corrected chi connectivity index (χ3v) is 3.17. The maximum absolute atomic E-state index is 11.1.